The third-order valence-electron chi connectivity index (χ3n) is 6.62. The lowest BCUT2D eigenvalue weighted by Crippen LogP contribution is -2.48. The first-order chi connectivity index (χ1) is 17.7. The number of ether oxygens (including phenoxy) is 1. The second-order valence-corrected chi connectivity index (χ2v) is 9.65. The molecule has 194 valence electrons. The van der Waals surface area contributed by atoms with E-state index in [9.17, 15) is 22.8 Å². The number of para-hydroxylation sites is 2. The molecule has 2 aliphatic rings. The smallest absolute Gasteiger partial charge is 0.433 e. The number of carbonyl (C=O) groups is 2. The van der Waals surface area contributed by atoms with E-state index >= 15 is 0 Å². The Labute approximate surface area is 215 Å². The Bertz CT molecular complexity index is 1340. The second-order valence-electron chi connectivity index (χ2n) is 9.21. The summed E-state index contributed by atoms with van der Waals surface area (Å²) in [6.45, 7) is -0.229. The highest BCUT2D eigenvalue weighted by Crippen LogP contribution is 2.35. The fourth-order valence-corrected chi connectivity index (χ4v) is 4.98. The van der Waals surface area contributed by atoms with Crippen molar-refractivity contribution >= 4 is 45.7 Å². The predicted molar refractivity (Wildman–Crippen MR) is 134 cm³/mol. The SMILES string of the molecule is O=C(CN1C(=O)COc2ccccc21)N[C@H]1CC[C@@H](Nc2cc(C(F)(F)F)nc3ccc(Cl)cc23)CC1. The van der Waals surface area contributed by atoms with Crippen LogP contribution in [-0.4, -0.2) is 42.0 Å². The Morgan fingerprint density at radius 3 is 2.57 bits per heavy atom. The first-order valence-corrected chi connectivity index (χ1v) is 12.3. The highest BCUT2D eigenvalue weighted by molar-refractivity contribution is 6.31. The van der Waals surface area contributed by atoms with Crippen molar-refractivity contribution in [2.24, 2.45) is 0 Å². The summed E-state index contributed by atoms with van der Waals surface area (Å²) < 4.78 is 45.7. The summed E-state index contributed by atoms with van der Waals surface area (Å²) in [4.78, 5) is 30.2. The quantitative estimate of drug-likeness (QED) is 0.473. The van der Waals surface area contributed by atoms with Crippen LogP contribution in [0.5, 0.6) is 5.75 Å². The average molecular weight is 533 g/mol. The fourth-order valence-electron chi connectivity index (χ4n) is 4.81. The minimum Gasteiger partial charge on any atom is -0.482 e. The van der Waals surface area contributed by atoms with Crippen LogP contribution in [-0.2, 0) is 15.8 Å². The van der Waals surface area contributed by atoms with Crippen molar-refractivity contribution in [3.63, 3.8) is 0 Å². The third-order valence-corrected chi connectivity index (χ3v) is 6.86. The third kappa shape index (κ3) is 5.58. The minimum atomic E-state index is -4.57. The van der Waals surface area contributed by atoms with E-state index in [1.165, 1.54) is 17.0 Å². The molecule has 0 bridgehead atoms. The van der Waals surface area contributed by atoms with E-state index in [0.29, 0.717) is 53.2 Å². The zero-order valence-corrected chi connectivity index (χ0v) is 20.4. The monoisotopic (exact) mass is 532 g/mol. The van der Waals surface area contributed by atoms with Gasteiger partial charge in [-0.25, -0.2) is 4.98 Å². The number of nitrogens with one attached hydrogen (secondary N) is 2. The minimum absolute atomic E-state index is 0.0773. The van der Waals surface area contributed by atoms with Gasteiger partial charge in [0.05, 0.1) is 11.2 Å². The number of amides is 2. The average Bonchev–Trinajstić information content (AvgIpc) is 2.86. The van der Waals surface area contributed by atoms with E-state index in [1.807, 2.05) is 0 Å². The van der Waals surface area contributed by atoms with Crippen LogP contribution in [0.2, 0.25) is 5.02 Å². The highest BCUT2D eigenvalue weighted by Gasteiger charge is 2.34. The number of fused-ring (bicyclic) bond motifs is 2. The van der Waals surface area contributed by atoms with Gasteiger partial charge in [0.15, 0.2) is 6.61 Å². The molecule has 0 radical (unpaired) electrons. The Hall–Kier alpha value is -3.53. The van der Waals surface area contributed by atoms with Crippen molar-refractivity contribution in [1.82, 2.24) is 10.3 Å². The van der Waals surface area contributed by atoms with Gasteiger partial charge in [0, 0.05) is 28.2 Å². The molecule has 5 rings (SSSR count). The number of aromatic nitrogens is 1. The second kappa shape index (κ2) is 10.1. The Morgan fingerprint density at radius 1 is 1.08 bits per heavy atom. The van der Waals surface area contributed by atoms with Crippen LogP contribution in [0.15, 0.2) is 48.5 Å². The normalized spacial score (nSPS) is 19.8. The first kappa shape index (κ1) is 25.1. The van der Waals surface area contributed by atoms with Gasteiger partial charge in [-0.15, -0.1) is 0 Å². The summed E-state index contributed by atoms with van der Waals surface area (Å²) in [6, 6.07) is 12.5. The lowest BCUT2D eigenvalue weighted by Gasteiger charge is -2.32. The maximum atomic E-state index is 13.4. The molecule has 7 nitrogen and oxygen atoms in total. The molecule has 0 saturated heterocycles. The van der Waals surface area contributed by atoms with Gasteiger partial charge < -0.3 is 15.4 Å². The van der Waals surface area contributed by atoms with E-state index in [-0.39, 0.29) is 42.6 Å². The number of benzene rings is 2. The molecule has 1 fully saturated rings. The van der Waals surface area contributed by atoms with Gasteiger partial charge in [0.25, 0.3) is 5.91 Å². The molecule has 3 aromatic rings. The molecule has 1 aliphatic heterocycles. The van der Waals surface area contributed by atoms with Gasteiger partial charge >= 0.3 is 6.18 Å². The molecule has 1 saturated carbocycles. The van der Waals surface area contributed by atoms with Gasteiger partial charge in [0.1, 0.15) is 18.0 Å². The first-order valence-electron chi connectivity index (χ1n) is 11.9. The van der Waals surface area contributed by atoms with Gasteiger partial charge in [-0.1, -0.05) is 23.7 Å². The molecule has 0 spiro atoms. The maximum absolute atomic E-state index is 13.4. The summed E-state index contributed by atoms with van der Waals surface area (Å²) >= 11 is 6.09. The Kier molecular flexibility index (Phi) is 6.85. The van der Waals surface area contributed by atoms with Crippen molar-refractivity contribution in [2.45, 2.75) is 43.9 Å². The number of hydrogen-bond acceptors (Lipinski definition) is 5. The number of rotatable bonds is 5. The van der Waals surface area contributed by atoms with E-state index < -0.39 is 11.9 Å². The molecular formula is C26H24ClF3N4O3. The lowest BCUT2D eigenvalue weighted by molar-refractivity contribution is -0.140. The largest absolute Gasteiger partial charge is 0.482 e. The van der Waals surface area contributed by atoms with E-state index in [0.717, 1.165) is 6.07 Å². The molecule has 2 amide bonds. The van der Waals surface area contributed by atoms with E-state index in [2.05, 4.69) is 15.6 Å². The summed E-state index contributed by atoms with van der Waals surface area (Å²) in [5.41, 5.74) is 0.133. The molecular weight excluding hydrogens is 509 g/mol. The number of nitrogens with zero attached hydrogens (tertiary/aromatic N) is 2. The van der Waals surface area contributed by atoms with Crippen molar-refractivity contribution in [1.29, 1.82) is 0 Å². The zero-order chi connectivity index (χ0) is 26.2. The zero-order valence-electron chi connectivity index (χ0n) is 19.6. The standard InChI is InChI=1S/C26H24ClF3N4O3/c27-15-5-10-19-18(11-15)20(12-23(33-19)26(28,29)30)31-16-6-8-17(9-7-16)32-24(35)13-34-21-3-1-2-4-22(21)37-14-25(34)36/h1-5,10-12,16-17H,6-9,13-14H2,(H,31,33)(H,32,35)/t16-,17+. The summed E-state index contributed by atoms with van der Waals surface area (Å²) in [6.07, 6.45) is -1.99. The summed E-state index contributed by atoms with van der Waals surface area (Å²) in [5.74, 6) is -0.00389. The Morgan fingerprint density at radius 2 is 1.81 bits per heavy atom. The van der Waals surface area contributed by atoms with E-state index in [1.54, 1.807) is 30.3 Å². The van der Waals surface area contributed by atoms with Crippen molar-refractivity contribution in [2.75, 3.05) is 23.4 Å². The number of alkyl halides is 3. The number of halogens is 4. The molecule has 1 aliphatic carbocycles. The van der Waals surface area contributed by atoms with Crippen molar-refractivity contribution in [3.05, 3.63) is 59.2 Å². The molecule has 0 unspecified atom stereocenters. The van der Waals surface area contributed by atoms with Crippen LogP contribution in [0.1, 0.15) is 31.4 Å². The molecule has 2 N–H and O–H groups in total. The number of hydrogen-bond donors (Lipinski definition) is 2. The molecule has 2 aromatic carbocycles. The van der Waals surface area contributed by atoms with Crippen molar-refractivity contribution < 1.29 is 27.5 Å². The van der Waals surface area contributed by atoms with Crippen LogP contribution in [0, 0.1) is 0 Å². The van der Waals surface area contributed by atoms with Crippen LogP contribution in [0.25, 0.3) is 10.9 Å². The molecule has 1 aromatic heterocycles. The molecule has 11 heteroatoms. The number of anilines is 2. The number of pyridine rings is 1. The fraction of sp³-hybridized carbons (Fsp3) is 0.346. The van der Waals surface area contributed by atoms with Crippen LogP contribution in [0.4, 0.5) is 24.5 Å². The maximum Gasteiger partial charge on any atom is 0.433 e. The van der Waals surface area contributed by atoms with Gasteiger partial charge in [-0.2, -0.15) is 13.2 Å². The van der Waals surface area contributed by atoms with Crippen LogP contribution in [0.3, 0.4) is 0 Å². The van der Waals surface area contributed by atoms with Crippen LogP contribution < -0.4 is 20.3 Å². The highest BCUT2D eigenvalue weighted by atomic mass is 35.5. The molecule has 37 heavy (non-hydrogen) atoms. The number of carbonyl (C=O) groups excluding carboxylic acids is 2. The van der Waals surface area contributed by atoms with E-state index in [4.69, 9.17) is 16.3 Å². The van der Waals surface area contributed by atoms with Gasteiger partial charge in [-0.05, 0) is 62.1 Å². The lowest BCUT2D eigenvalue weighted by atomic mass is 9.90. The molecule has 2 heterocycles. The topological polar surface area (TPSA) is 83.6 Å². The predicted octanol–water partition coefficient (Wildman–Crippen LogP) is 5.17. The van der Waals surface area contributed by atoms with Crippen molar-refractivity contribution in [3.8, 4) is 5.75 Å². The summed E-state index contributed by atoms with van der Waals surface area (Å²) in [5, 5.41) is 7.16. The Balaban J connectivity index is 1.21. The van der Waals surface area contributed by atoms with Crippen LogP contribution >= 0.6 is 11.6 Å². The summed E-state index contributed by atoms with van der Waals surface area (Å²) in [7, 11) is 0. The van der Waals surface area contributed by atoms with Gasteiger partial charge in [0.2, 0.25) is 5.91 Å². The molecule has 0 atom stereocenters. The van der Waals surface area contributed by atoms with Gasteiger partial charge in [-0.3, -0.25) is 14.5 Å².